The van der Waals surface area contributed by atoms with Crippen molar-refractivity contribution in [2.45, 2.75) is 0 Å². The van der Waals surface area contributed by atoms with Gasteiger partial charge in [-0.25, -0.2) is 15.0 Å². The van der Waals surface area contributed by atoms with Crippen molar-refractivity contribution in [3.63, 3.8) is 0 Å². The second-order valence-electron chi connectivity index (χ2n) is 11.1. The van der Waals surface area contributed by atoms with Crippen molar-refractivity contribution in [1.29, 1.82) is 0 Å². The number of benzene rings is 7. The Bertz CT molecular complexity index is 2320. The third kappa shape index (κ3) is 3.92. The molecule has 2 heterocycles. The fourth-order valence-corrected chi connectivity index (χ4v) is 6.46. The first-order chi connectivity index (χ1) is 21.8. The number of aromatic nitrogens is 4. The van der Waals surface area contributed by atoms with Crippen LogP contribution in [0.4, 0.5) is 0 Å². The summed E-state index contributed by atoms with van der Waals surface area (Å²) in [5.74, 6) is 1.95. The van der Waals surface area contributed by atoms with Gasteiger partial charge < -0.3 is 0 Å². The lowest BCUT2D eigenvalue weighted by molar-refractivity contribution is 1.08. The van der Waals surface area contributed by atoms with Gasteiger partial charge in [-0.3, -0.25) is 4.98 Å². The summed E-state index contributed by atoms with van der Waals surface area (Å²) in [5.41, 5.74) is 2.96. The van der Waals surface area contributed by atoms with Crippen LogP contribution in [-0.4, -0.2) is 19.9 Å². The largest absolute Gasteiger partial charge is 0.264 e. The average molecular weight is 561 g/mol. The molecule has 0 bridgehead atoms. The summed E-state index contributed by atoms with van der Waals surface area (Å²) in [7, 11) is 0. The SMILES string of the molecule is c1ccc2c(-c3nc(-c4ccc5cnccc5c4)nc(-c4c5ccccc5cc5ccccc45)n3)c3ccccc3cc2c1. The molecule has 0 spiro atoms. The number of hydrogen-bond acceptors (Lipinski definition) is 4. The molecule has 0 unspecified atom stereocenters. The predicted molar refractivity (Wildman–Crippen MR) is 181 cm³/mol. The van der Waals surface area contributed by atoms with Crippen molar-refractivity contribution in [2.75, 3.05) is 0 Å². The summed E-state index contributed by atoms with van der Waals surface area (Å²) in [6, 6.07) is 46.7. The van der Waals surface area contributed by atoms with Gasteiger partial charge in [-0.2, -0.15) is 0 Å². The van der Waals surface area contributed by atoms with Gasteiger partial charge >= 0.3 is 0 Å². The maximum Gasteiger partial charge on any atom is 0.165 e. The molecule has 0 amide bonds. The van der Waals surface area contributed by atoms with Crippen LogP contribution in [0.5, 0.6) is 0 Å². The monoisotopic (exact) mass is 560 g/mol. The molecule has 7 aromatic carbocycles. The molecular weight excluding hydrogens is 536 g/mol. The molecule has 0 fully saturated rings. The fraction of sp³-hybridized carbons (Fsp3) is 0. The standard InChI is InChI=1S/C40H24N4/c1-5-13-32-26(9-1)22-27-10-2-6-14-33(27)36(32)39-42-38(30-17-18-31-24-41-20-19-25(31)21-30)43-40(44-39)37-34-15-7-3-11-28(34)23-29-12-4-8-16-35(29)37/h1-24H. The minimum Gasteiger partial charge on any atom is -0.264 e. The van der Waals surface area contributed by atoms with Gasteiger partial charge in [-0.05, 0) is 72.7 Å². The maximum absolute atomic E-state index is 5.33. The highest BCUT2D eigenvalue weighted by Crippen LogP contribution is 2.39. The van der Waals surface area contributed by atoms with Crippen LogP contribution in [0.25, 0.3) is 88.0 Å². The van der Waals surface area contributed by atoms with Gasteiger partial charge in [0.1, 0.15) is 0 Å². The highest BCUT2D eigenvalue weighted by molar-refractivity contribution is 6.13. The Morgan fingerprint density at radius 2 is 0.795 bits per heavy atom. The van der Waals surface area contributed by atoms with Crippen LogP contribution in [0.3, 0.4) is 0 Å². The van der Waals surface area contributed by atoms with E-state index in [9.17, 15) is 0 Å². The van der Waals surface area contributed by atoms with E-state index in [1.807, 2.05) is 18.5 Å². The normalized spacial score (nSPS) is 11.6. The quantitative estimate of drug-likeness (QED) is 0.202. The molecule has 4 heteroatoms. The van der Waals surface area contributed by atoms with Crippen LogP contribution >= 0.6 is 0 Å². The first-order valence-corrected chi connectivity index (χ1v) is 14.7. The molecule has 9 rings (SSSR count). The van der Waals surface area contributed by atoms with Gasteiger partial charge in [0.05, 0.1) is 0 Å². The molecule has 9 aromatic rings. The molecule has 0 atom stereocenters. The van der Waals surface area contributed by atoms with E-state index in [-0.39, 0.29) is 0 Å². The summed E-state index contributed by atoms with van der Waals surface area (Å²) in [4.78, 5) is 20.1. The van der Waals surface area contributed by atoms with Crippen LogP contribution in [0.2, 0.25) is 0 Å². The Morgan fingerprint density at radius 3 is 1.30 bits per heavy atom. The zero-order valence-corrected chi connectivity index (χ0v) is 23.6. The molecule has 0 aliphatic rings. The van der Waals surface area contributed by atoms with Gasteiger partial charge in [0.15, 0.2) is 17.5 Å². The molecular formula is C40H24N4. The van der Waals surface area contributed by atoms with Crippen molar-refractivity contribution < 1.29 is 0 Å². The van der Waals surface area contributed by atoms with Crippen LogP contribution in [-0.2, 0) is 0 Å². The predicted octanol–water partition coefficient (Wildman–Crippen LogP) is 10.0. The second-order valence-corrected chi connectivity index (χ2v) is 11.1. The van der Waals surface area contributed by atoms with Crippen LogP contribution in [0.1, 0.15) is 0 Å². The van der Waals surface area contributed by atoms with E-state index in [0.29, 0.717) is 17.5 Å². The summed E-state index contributed by atoms with van der Waals surface area (Å²) < 4.78 is 0. The third-order valence-corrected chi connectivity index (χ3v) is 8.52. The molecule has 4 nitrogen and oxygen atoms in total. The van der Waals surface area contributed by atoms with Crippen molar-refractivity contribution in [1.82, 2.24) is 19.9 Å². The van der Waals surface area contributed by atoms with E-state index in [1.165, 1.54) is 0 Å². The number of pyridine rings is 1. The van der Waals surface area contributed by atoms with E-state index in [2.05, 4.69) is 132 Å². The van der Waals surface area contributed by atoms with E-state index < -0.39 is 0 Å². The van der Waals surface area contributed by atoms with Gasteiger partial charge in [0, 0.05) is 34.5 Å². The fourth-order valence-electron chi connectivity index (χ4n) is 6.46. The Kier molecular flexibility index (Phi) is 5.47. The van der Waals surface area contributed by atoms with Gasteiger partial charge in [0.2, 0.25) is 0 Å². The summed E-state index contributed by atoms with van der Waals surface area (Å²) >= 11 is 0. The Hall–Kier alpha value is -6.00. The van der Waals surface area contributed by atoms with Crippen molar-refractivity contribution >= 4 is 53.9 Å². The highest BCUT2D eigenvalue weighted by atomic mass is 15.0. The second kappa shape index (κ2) is 9.79. The maximum atomic E-state index is 5.33. The topological polar surface area (TPSA) is 51.6 Å². The molecule has 0 saturated carbocycles. The zero-order chi connectivity index (χ0) is 29.0. The Labute approximate surface area is 253 Å². The number of rotatable bonds is 3. The minimum atomic E-state index is 0.637. The van der Waals surface area contributed by atoms with Crippen LogP contribution < -0.4 is 0 Å². The van der Waals surface area contributed by atoms with E-state index in [0.717, 1.165) is 70.6 Å². The molecule has 2 aromatic heterocycles. The lowest BCUT2D eigenvalue weighted by atomic mass is 9.95. The zero-order valence-electron chi connectivity index (χ0n) is 23.6. The van der Waals surface area contributed by atoms with Crippen molar-refractivity contribution in [3.05, 3.63) is 146 Å². The summed E-state index contributed by atoms with van der Waals surface area (Å²) in [6.07, 6.45) is 3.70. The summed E-state index contributed by atoms with van der Waals surface area (Å²) in [5, 5.41) is 11.2. The highest BCUT2D eigenvalue weighted by Gasteiger charge is 2.20. The molecule has 204 valence electrons. The van der Waals surface area contributed by atoms with Gasteiger partial charge in [-0.1, -0.05) is 109 Å². The van der Waals surface area contributed by atoms with Crippen LogP contribution in [0, 0.1) is 0 Å². The Morgan fingerprint density at radius 1 is 0.341 bits per heavy atom. The first kappa shape index (κ1) is 24.6. The number of hydrogen-bond donors (Lipinski definition) is 0. The molecule has 0 radical (unpaired) electrons. The van der Waals surface area contributed by atoms with Crippen molar-refractivity contribution in [2.24, 2.45) is 0 Å². The molecule has 0 saturated heterocycles. The third-order valence-electron chi connectivity index (χ3n) is 8.52. The Balaban J connectivity index is 1.43. The van der Waals surface area contributed by atoms with Gasteiger partial charge in [-0.15, -0.1) is 0 Å². The summed E-state index contributed by atoms with van der Waals surface area (Å²) in [6.45, 7) is 0. The number of nitrogens with zero attached hydrogens (tertiary/aromatic N) is 4. The molecule has 0 aliphatic heterocycles. The lowest BCUT2D eigenvalue weighted by Crippen LogP contribution is -2.02. The lowest BCUT2D eigenvalue weighted by Gasteiger charge is -2.15. The molecule has 44 heavy (non-hydrogen) atoms. The number of fused-ring (bicyclic) bond motifs is 5. The smallest absolute Gasteiger partial charge is 0.165 e. The van der Waals surface area contributed by atoms with Gasteiger partial charge in [0.25, 0.3) is 0 Å². The van der Waals surface area contributed by atoms with E-state index in [4.69, 9.17) is 15.0 Å². The van der Waals surface area contributed by atoms with Crippen LogP contribution in [0.15, 0.2) is 146 Å². The van der Waals surface area contributed by atoms with E-state index in [1.54, 1.807) is 0 Å². The average Bonchev–Trinajstić information content (AvgIpc) is 3.09. The van der Waals surface area contributed by atoms with E-state index >= 15 is 0 Å². The molecule has 0 N–H and O–H groups in total. The van der Waals surface area contributed by atoms with Crippen molar-refractivity contribution in [3.8, 4) is 34.2 Å². The minimum absolute atomic E-state index is 0.637. The molecule has 0 aliphatic carbocycles. The first-order valence-electron chi connectivity index (χ1n) is 14.7.